The SMILES string of the molecule is CCC1(Cc2cc(Br)c(Cl)s2)CCC(=O)N1. The monoisotopic (exact) mass is 321 g/mol. The molecule has 0 bridgehead atoms. The molecule has 1 N–H and O–H groups in total. The van der Waals surface area contributed by atoms with Crippen molar-refractivity contribution in [3.63, 3.8) is 0 Å². The van der Waals surface area contributed by atoms with Crippen LogP contribution in [0.25, 0.3) is 0 Å². The second-order valence-electron chi connectivity index (χ2n) is 4.19. The highest BCUT2D eigenvalue weighted by Gasteiger charge is 2.36. The van der Waals surface area contributed by atoms with E-state index in [1.165, 1.54) is 4.88 Å². The van der Waals surface area contributed by atoms with E-state index >= 15 is 0 Å². The van der Waals surface area contributed by atoms with Gasteiger partial charge in [0.05, 0.1) is 0 Å². The van der Waals surface area contributed by atoms with Crippen LogP contribution in [0.4, 0.5) is 0 Å². The molecule has 0 aliphatic carbocycles. The van der Waals surface area contributed by atoms with Gasteiger partial charge < -0.3 is 5.32 Å². The minimum absolute atomic E-state index is 0.0509. The molecule has 0 spiro atoms. The summed E-state index contributed by atoms with van der Waals surface area (Å²) in [6.07, 6.45) is 3.42. The minimum Gasteiger partial charge on any atom is -0.350 e. The molecule has 1 aliphatic heterocycles. The van der Waals surface area contributed by atoms with Gasteiger partial charge in [0.25, 0.3) is 0 Å². The number of carbonyl (C=O) groups is 1. The molecule has 0 saturated carbocycles. The van der Waals surface area contributed by atoms with Crippen molar-refractivity contribution in [2.75, 3.05) is 0 Å². The molecule has 1 aliphatic rings. The van der Waals surface area contributed by atoms with Crippen molar-refractivity contribution in [2.45, 2.75) is 38.1 Å². The molecule has 16 heavy (non-hydrogen) atoms. The molecule has 1 atom stereocenters. The van der Waals surface area contributed by atoms with Gasteiger partial charge in [-0.1, -0.05) is 18.5 Å². The summed E-state index contributed by atoms with van der Waals surface area (Å²) in [5.74, 6) is 0.170. The summed E-state index contributed by atoms with van der Waals surface area (Å²) in [7, 11) is 0. The zero-order chi connectivity index (χ0) is 11.8. The molecule has 88 valence electrons. The number of carbonyl (C=O) groups excluding carboxylic acids is 1. The third-order valence-electron chi connectivity index (χ3n) is 3.12. The van der Waals surface area contributed by atoms with E-state index in [0.717, 1.165) is 28.1 Å². The average molecular weight is 323 g/mol. The largest absolute Gasteiger partial charge is 0.350 e. The van der Waals surface area contributed by atoms with Gasteiger partial charge in [0.2, 0.25) is 5.91 Å². The van der Waals surface area contributed by atoms with Gasteiger partial charge in [0, 0.05) is 27.7 Å². The van der Waals surface area contributed by atoms with Gasteiger partial charge in [-0.2, -0.15) is 0 Å². The molecule has 0 radical (unpaired) electrons. The van der Waals surface area contributed by atoms with Gasteiger partial charge in [0.15, 0.2) is 0 Å². The van der Waals surface area contributed by atoms with Crippen molar-refractivity contribution < 1.29 is 4.79 Å². The van der Waals surface area contributed by atoms with Crippen molar-refractivity contribution in [3.8, 4) is 0 Å². The summed E-state index contributed by atoms with van der Waals surface area (Å²) < 4.78 is 1.73. The van der Waals surface area contributed by atoms with E-state index in [-0.39, 0.29) is 11.4 Å². The van der Waals surface area contributed by atoms with Gasteiger partial charge in [-0.05, 0) is 34.8 Å². The number of nitrogens with one attached hydrogen (secondary N) is 1. The Kier molecular flexibility index (Phi) is 3.62. The van der Waals surface area contributed by atoms with Crippen LogP contribution in [-0.2, 0) is 11.2 Å². The number of hydrogen-bond donors (Lipinski definition) is 1. The fraction of sp³-hybridized carbons (Fsp3) is 0.545. The molecule has 1 amide bonds. The van der Waals surface area contributed by atoms with Crippen molar-refractivity contribution in [1.29, 1.82) is 0 Å². The molecule has 1 aromatic rings. The van der Waals surface area contributed by atoms with E-state index in [4.69, 9.17) is 11.6 Å². The van der Waals surface area contributed by atoms with Crippen LogP contribution < -0.4 is 5.32 Å². The minimum atomic E-state index is -0.0509. The molecule has 2 nitrogen and oxygen atoms in total. The Morgan fingerprint density at radius 2 is 2.44 bits per heavy atom. The predicted octanol–water partition coefficient (Wildman–Crippen LogP) is 3.77. The number of amides is 1. The highest BCUT2D eigenvalue weighted by Crippen LogP contribution is 2.36. The zero-order valence-corrected chi connectivity index (χ0v) is 12.1. The maximum atomic E-state index is 11.3. The number of hydrogen-bond acceptors (Lipinski definition) is 2. The van der Waals surface area contributed by atoms with E-state index in [0.29, 0.717) is 6.42 Å². The van der Waals surface area contributed by atoms with E-state index < -0.39 is 0 Å². The Morgan fingerprint density at radius 3 is 2.88 bits per heavy atom. The first-order chi connectivity index (χ1) is 7.54. The van der Waals surface area contributed by atoms with Crippen molar-refractivity contribution in [1.82, 2.24) is 5.32 Å². The molecule has 1 unspecified atom stereocenters. The normalized spacial score (nSPS) is 24.8. The molecule has 1 fully saturated rings. The molecular weight excluding hydrogens is 310 g/mol. The predicted molar refractivity (Wildman–Crippen MR) is 71.1 cm³/mol. The fourth-order valence-electron chi connectivity index (χ4n) is 2.11. The quantitative estimate of drug-likeness (QED) is 0.902. The van der Waals surface area contributed by atoms with Crippen LogP contribution in [-0.4, -0.2) is 11.4 Å². The first kappa shape index (κ1) is 12.4. The molecule has 0 aromatic carbocycles. The van der Waals surface area contributed by atoms with Crippen molar-refractivity contribution in [2.24, 2.45) is 0 Å². The van der Waals surface area contributed by atoms with Crippen LogP contribution in [0.15, 0.2) is 10.5 Å². The van der Waals surface area contributed by atoms with E-state index in [9.17, 15) is 4.79 Å². The molecule has 2 rings (SSSR count). The van der Waals surface area contributed by atoms with Gasteiger partial charge in [-0.15, -0.1) is 11.3 Å². The Hall–Kier alpha value is -0.0600. The fourth-order valence-corrected chi connectivity index (χ4v) is 4.04. The van der Waals surface area contributed by atoms with Crippen LogP contribution in [0.3, 0.4) is 0 Å². The molecule has 5 heteroatoms. The van der Waals surface area contributed by atoms with Crippen molar-refractivity contribution in [3.05, 3.63) is 19.8 Å². The van der Waals surface area contributed by atoms with Gasteiger partial charge in [0.1, 0.15) is 4.34 Å². The lowest BCUT2D eigenvalue weighted by molar-refractivity contribution is -0.119. The lowest BCUT2D eigenvalue weighted by atomic mass is 9.90. The average Bonchev–Trinajstić information content (AvgIpc) is 2.73. The molecule has 2 heterocycles. The maximum absolute atomic E-state index is 11.3. The summed E-state index contributed by atoms with van der Waals surface area (Å²) in [4.78, 5) is 12.6. The second kappa shape index (κ2) is 4.67. The molecular formula is C11H13BrClNOS. The lowest BCUT2D eigenvalue weighted by Gasteiger charge is -2.27. The smallest absolute Gasteiger partial charge is 0.220 e. The van der Waals surface area contributed by atoms with Crippen molar-refractivity contribution >= 4 is 44.8 Å². The van der Waals surface area contributed by atoms with E-state index in [2.05, 4.69) is 34.2 Å². The lowest BCUT2D eigenvalue weighted by Crippen LogP contribution is -2.42. The Labute approximate surface area is 113 Å². The zero-order valence-electron chi connectivity index (χ0n) is 8.98. The second-order valence-corrected chi connectivity index (χ2v) is 6.79. The third kappa shape index (κ3) is 2.44. The topological polar surface area (TPSA) is 29.1 Å². The van der Waals surface area contributed by atoms with Crippen LogP contribution in [0, 0.1) is 0 Å². The van der Waals surface area contributed by atoms with Gasteiger partial charge in [-0.3, -0.25) is 4.79 Å². The summed E-state index contributed by atoms with van der Waals surface area (Å²) in [5, 5.41) is 3.10. The first-order valence-electron chi connectivity index (χ1n) is 5.29. The van der Waals surface area contributed by atoms with E-state index in [1.54, 1.807) is 11.3 Å². The molecule has 1 saturated heterocycles. The number of thiophene rings is 1. The Balaban J connectivity index is 2.16. The van der Waals surface area contributed by atoms with Crippen LogP contribution in [0.1, 0.15) is 31.1 Å². The maximum Gasteiger partial charge on any atom is 0.220 e. The summed E-state index contributed by atoms with van der Waals surface area (Å²) >= 11 is 11.0. The van der Waals surface area contributed by atoms with E-state index in [1.807, 2.05) is 0 Å². The van der Waals surface area contributed by atoms with Gasteiger partial charge in [-0.25, -0.2) is 0 Å². The highest BCUT2D eigenvalue weighted by atomic mass is 79.9. The number of rotatable bonds is 3. The summed E-state index contributed by atoms with van der Waals surface area (Å²) in [6, 6.07) is 2.05. The van der Waals surface area contributed by atoms with Crippen LogP contribution >= 0.6 is 38.9 Å². The summed E-state index contributed by atoms with van der Waals surface area (Å²) in [5.41, 5.74) is -0.0509. The standard InChI is InChI=1S/C11H13BrClNOS/c1-2-11(4-3-9(15)14-11)6-7-5-8(12)10(13)16-7/h5H,2-4,6H2,1H3,(H,14,15). The Bertz CT molecular complexity index is 401. The van der Waals surface area contributed by atoms with Crippen LogP contribution in [0.5, 0.6) is 0 Å². The first-order valence-corrected chi connectivity index (χ1v) is 7.28. The van der Waals surface area contributed by atoms with Gasteiger partial charge >= 0.3 is 0 Å². The van der Waals surface area contributed by atoms with Crippen LogP contribution in [0.2, 0.25) is 4.34 Å². The summed E-state index contributed by atoms with van der Waals surface area (Å²) in [6.45, 7) is 2.12. The number of halogens is 2. The Morgan fingerprint density at radius 1 is 1.69 bits per heavy atom. The molecule has 1 aromatic heterocycles. The highest BCUT2D eigenvalue weighted by molar-refractivity contribution is 9.10. The third-order valence-corrected chi connectivity index (χ3v) is 5.60.